The van der Waals surface area contributed by atoms with Crippen LogP contribution in [0.25, 0.3) is 6.08 Å². The van der Waals surface area contributed by atoms with E-state index in [1.807, 2.05) is 60.7 Å². The van der Waals surface area contributed by atoms with E-state index in [0.29, 0.717) is 31.9 Å². The van der Waals surface area contributed by atoms with Gasteiger partial charge in [-0.2, -0.15) is 0 Å². The first-order valence-electron chi connectivity index (χ1n) is 9.13. The van der Waals surface area contributed by atoms with Crippen LogP contribution < -0.4 is 9.47 Å². The van der Waals surface area contributed by atoms with Crippen LogP contribution >= 0.6 is 0 Å². The van der Waals surface area contributed by atoms with Crippen molar-refractivity contribution in [3.8, 4) is 11.5 Å². The first-order valence-corrected chi connectivity index (χ1v) is 9.13. The Morgan fingerprint density at radius 2 is 2.07 bits per heavy atom. The van der Waals surface area contributed by atoms with Crippen LogP contribution in [0, 0.1) is 5.92 Å². The van der Waals surface area contributed by atoms with E-state index in [0.717, 1.165) is 16.9 Å². The monoisotopic (exact) mass is 367 g/mol. The van der Waals surface area contributed by atoms with Gasteiger partial charge in [0.2, 0.25) is 5.91 Å². The van der Waals surface area contributed by atoms with Gasteiger partial charge < -0.3 is 19.5 Å². The number of fused-ring (bicyclic) bond motifs is 1. The Morgan fingerprint density at radius 1 is 1.26 bits per heavy atom. The first kappa shape index (κ1) is 19.0. The van der Waals surface area contributed by atoms with Crippen LogP contribution in [0.5, 0.6) is 11.5 Å². The molecule has 5 heteroatoms. The van der Waals surface area contributed by atoms with Crippen molar-refractivity contribution in [1.29, 1.82) is 0 Å². The minimum absolute atomic E-state index is 0.00442. The van der Waals surface area contributed by atoms with Crippen molar-refractivity contribution >= 4 is 12.0 Å². The fraction of sp³-hybridized carbons (Fsp3) is 0.318. The third-order valence-electron chi connectivity index (χ3n) is 4.64. The lowest BCUT2D eigenvalue weighted by molar-refractivity contribution is -0.136. The predicted octanol–water partition coefficient (Wildman–Crippen LogP) is 2.78. The third kappa shape index (κ3) is 4.68. The Balaban J connectivity index is 1.67. The number of hydrogen-bond acceptors (Lipinski definition) is 4. The highest BCUT2D eigenvalue weighted by molar-refractivity contribution is 5.80. The molecular weight excluding hydrogens is 342 g/mol. The summed E-state index contributed by atoms with van der Waals surface area (Å²) in [5.41, 5.74) is 2.05. The van der Waals surface area contributed by atoms with Crippen LogP contribution in [0.4, 0.5) is 0 Å². The van der Waals surface area contributed by atoms with Crippen LogP contribution in [-0.4, -0.2) is 49.3 Å². The molecule has 1 N–H and O–H groups in total. The molecule has 1 aliphatic heterocycles. The minimum Gasteiger partial charge on any atom is -0.493 e. The molecule has 0 saturated carbocycles. The molecule has 2 aromatic carbocycles. The molecule has 1 aliphatic rings. The second-order valence-corrected chi connectivity index (χ2v) is 6.48. The van der Waals surface area contributed by atoms with Gasteiger partial charge in [-0.15, -0.1) is 0 Å². The predicted molar refractivity (Wildman–Crippen MR) is 105 cm³/mol. The number of methoxy groups -OCH3 is 1. The van der Waals surface area contributed by atoms with E-state index in [1.54, 1.807) is 12.0 Å². The molecule has 1 heterocycles. The highest BCUT2D eigenvalue weighted by Crippen LogP contribution is 2.36. The van der Waals surface area contributed by atoms with E-state index >= 15 is 0 Å². The van der Waals surface area contributed by atoms with Crippen LogP contribution in [0.2, 0.25) is 0 Å². The van der Waals surface area contributed by atoms with Gasteiger partial charge in [0.15, 0.2) is 11.5 Å². The molecule has 1 amide bonds. The molecule has 142 valence electrons. The molecule has 0 radical (unpaired) electrons. The van der Waals surface area contributed by atoms with Gasteiger partial charge in [-0.3, -0.25) is 4.79 Å². The fourth-order valence-corrected chi connectivity index (χ4v) is 3.26. The summed E-state index contributed by atoms with van der Waals surface area (Å²) in [4.78, 5) is 14.6. The first-order chi connectivity index (χ1) is 13.2. The summed E-state index contributed by atoms with van der Waals surface area (Å²) in [6.45, 7) is 1.01. The smallest absolute Gasteiger partial charge is 0.229 e. The van der Waals surface area contributed by atoms with E-state index in [2.05, 4.69) is 0 Å². The molecule has 27 heavy (non-hydrogen) atoms. The summed E-state index contributed by atoms with van der Waals surface area (Å²) in [6, 6.07) is 15.7. The van der Waals surface area contributed by atoms with Crippen LogP contribution in [0.3, 0.4) is 0 Å². The lowest BCUT2D eigenvalue weighted by Gasteiger charge is -2.30. The van der Waals surface area contributed by atoms with Gasteiger partial charge in [0.05, 0.1) is 19.6 Å². The number of carbonyl (C=O) groups excluding carboxylic acids is 1. The Labute approximate surface area is 159 Å². The SMILES string of the molecule is COc1cccc2c1OC[C@H](C(=O)N(C/C=C/c1ccccc1)CCO)C2. The average molecular weight is 367 g/mol. The second kappa shape index (κ2) is 9.24. The summed E-state index contributed by atoms with van der Waals surface area (Å²) in [7, 11) is 1.61. The molecule has 0 unspecified atom stereocenters. The topological polar surface area (TPSA) is 59.0 Å². The molecule has 0 fully saturated rings. The van der Waals surface area contributed by atoms with Gasteiger partial charge in [-0.1, -0.05) is 54.6 Å². The van der Waals surface area contributed by atoms with Crippen molar-refractivity contribution in [2.45, 2.75) is 6.42 Å². The highest BCUT2D eigenvalue weighted by atomic mass is 16.5. The zero-order valence-electron chi connectivity index (χ0n) is 15.5. The zero-order chi connectivity index (χ0) is 19.1. The maximum atomic E-state index is 13.0. The number of carbonyl (C=O) groups is 1. The van der Waals surface area contributed by atoms with Gasteiger partial charge in [-0.25, -0.2) is 0 Å². The number of benzene rings is 2. The number of aliphatic hydroxyl groups excluding tert-OH is 1. The van der Waals surface area contributed by atoms with E-state index in [1.165, 1.54) is 0 Å². The van der Waals surface area contributed by atoms with Gasteiger partial charge in [-0.05, 0) is 23.6 Å². The normalized spacial score (nSPS) is 15.9. The van der Waals surface area contributed by atoms with Crippen molar-refractivity contribution in [2.24, 2.45) is 5.92 Å². The number of aliphatic hydroxyl groups is 1. The molecule has 5 nitrogen and oxygen atoms in total. The highest BCUT2D eigenvalue weighted by Gasteiger charge is 2.30. The number of ether oxygens (including phenoxy) is 2. The molecule has 1 atom stereocenters. The van der Waals surface area contributed by atoms with Gasteiger partial charge in [0.1, 0.15) is 6.61 Å². The minimum atomic E-state index is -0.263. The third-order valence-corrected chi connectivity index (χ3v) is 4.64. The lowest BCUT2D eigenvalue weighted by atomic mass is 9.95. The van der Waals surface area contributed by atoms with E-state index < -0.39 is 0 Å². The molecule has 0 saturated heterocycles. The van der Waals surface area contributed by atoms with E-state index in [-0.39, 0.29) is 18.4 Å². The average Bonchev–Trinajstić information content (AvgIpc) is 2.72. The Bertz CT molecular complexity index is 788. The summed E-state index contributed by atoms with van der Waals surface area (Å²) in [5, 5.41) is 9.36. The maximum Gasteiger partial charge on any atom is 0.229 e. The molecule has 0 aliphatic carbocycles. The largest absolute Gasteiger partial charge is 0.493 e. The van der Waals surface area contributed by atoms with Crippen molar-refractivity contribution in [3.05, 3.63) is 65.7 Å². The molecular formula is C22H25NO4. The van der Waals surface area contributed by atoms with Crippen molar-refractivity contribution in [2.75, 3.05) is 33.4 Å². The fourth-order valence-electron chi connectivity index (χ4n) is 3.26. The Morgan fingerprint density at radius 3 is 2.81 bits per heavy atom. The summed E-state index contributed by atoms with van der Waals surface area (Å²) >= 11 is 0. The summed E-state index contributed by atoms with van der Waals surface area (Å²) < 4.78 is 11.2. The Hall–Kier alpha value is -2.79. The van der Waals surface area contributed by atoms with Crippen LogP contribution in [-0.2, 0) is 11.2 Å². The van der Waals surface area contributed by atoms with Crippen LogP contribution in [0.15, 0.2) is 54.6 Å². The quantitative estimate of drug-likeness (QED) is 0.818. The van der Waals surface area contributed by atoms with E-state index in [4.69, 9.17) is 9.47 Å². The molecule has 0 spiro atoms. The summed E-state index contributed by atoms with van der Waals surface area (Å²) in [6.07, 6.45) is 4.54. The van der Waals surface area contributed by atoms with Gasteiger partial charge >= 0.3 is 0 Å². The summed E-state index contributed by atoms with van der Waals surface area (Å²) in [5.74, 6) is 1.15. The van der Waals surface area contributed by atoms with Gasteiger partial charge in [0, 0.05) is 13.1 Å². The van der Waals surface area contributed by atoms with E-state index in [9.17, 15) is 9.90 Å². The van der Waals surface area contributed by atoms with Crippen molar-refractivity contribution in [1.82, 2.24) is 4.90 Å². The molecule has 0 bridgehead atoms. The maximum absolute atomic E-state index is 13.0. The van der Waals surface area contributed by atoms with Gasteiger partial charge in [0.25, 0.3) is 0 Å². The Kier molecular flexibility index (Phi) is 6.49. The standard InChI is InChI=1S/C22H25NO4/c1-26-20-11-5-10-18-15-19(16-27-21(18)20)22(25)23(13-14-24)12-6-9-17-7-3-2-4-8-17/h2-11,19,24H,12-16H2,1H3/b9-6+/t19-/m1/s1. The number of para-hydroxylation sites is 1. The number of hydrogen-bond donors (Lipinski definition) is 1. The zero-order valence-corrected chi connectivity index (χ0v) is 15.5. The number of amides is 1. The van der Waals surface area contributed by atoms with Crippen molar-refractivity contribution < 1.29 is 19.4 Å². The molecule has 0 aromatic heterocycles. The van der Waals surface area contributed by atoms with Crippen LogP contribution in [0.1, 0.15) is 11.1 Å². The number of rotatable bonds is 7. The lowest BCUT2D eigenvalue weighted by Crippen LogP contribution is -2.42. The van der Waals surface area contributed by atoms with Crippen molar-refractivity contribution in [3.63, 3.8) is 0 Å². The molecule has 3 rings (SSSR count). The molecule has 2 aromatic rings. The second-order valence-electron chi connectivity index (χ2n) is 6.48. The number of nitrogens with zero attached hydrogens (tertiary/aromatic N) is 1.